The molecule has 0 bridgehead atoms. The third-order valence-corrected chi connectivity index (χ3v) is 3.11. The molecule has 1 heterocycles. The number of fused-ring (bicyclic) bond motifs is 1. The number of pyridine rings is 1. The first-order valence-electron chi connectivity index (χ1n) is 5.75. The Morgan fingerprint density at radius 3 is 2.47 bits per heavy atom. The minimum atomic E-state index is 1.17. The van der Waals surface area contributed by atoms with Crippen LogP contribution < -0.4 is 0 Å². The lowest BCUT2D eigenvalue weighted by Crippen LogP contribution is -1.84. The number of rotatable bonds is 1. The molecule has 0 aliphatic carbocycles. The largest absolute Gasteiger partial charge is 0.264 e. The highest BCUT2D eigenvalue weighted by Gasteiger charge is 2.04. The van der Waals surface area contributed by atoms with E-state index in [4.69, 9.17) is 0 Å². The molecule has 82 valence electrons. The summed E-state index contributed by atoms with van der Waals surface area (Å²) in [5, 5.41) is 2.61. The van der Waals surface area contributed by atoms with E-state index in [-0.39, 0.29) is 0 Å². The molecule has 0 aliphatic rings. The molecule has 0 spiro atoms. The summed E-state index contributed by atoms with van der Waals surface area (Å²) in [5.41, 5.74) is 3.73. The van der Waals surface area contributed by atoms with Gasteiger partial charge in [-0.2, -0.15) is 0 Å². The maximum Gasteiger partial charge on any atom is 0.0346 e. The number of hydrogen-bond donors (Lipinski definition) is 0. The quantitative estimate of drug-likeness (QED) is 0.597. The molecule has 3 rings (SSSR count). The van der Waals surface area contributed by atoms with Crippen LogP contribution in [0.2, 0.25) is 0 Å². The predicted octanol–water partition coefficient (Wildman–Crippen LogP) is 4.21. The van der Waals surface area contributed by atoms with Gasteiger partial charge < -0.3 is 0 Å². The summed E-state index contributed by atoms with van der Waals surface area (Å²) in [7, 11) is 0. The van der Waals surface area contributed by atoms with Crippen molar-refractivity contribution in [3.05, 3.63) is 66.5 Å². The van der Waals surface area contributed by atoms with E-state index in [0.717, 1.165) is 0 Å². The van der Waals surface area contributed by atoms with Crippen LogP contribution in [-0.4, -0.2) is 4.98 Å². The van der Waals surface area contributed by atoms with Crippen LogP contribution in [0.5, 0.6) is 0 Å². The molecule has 2 aromatic carbocycles. The van der Waals surface area contributed by atoms with E-state index >= 15 is 0 Å². The van der Waals surface area contributed by atoms with Gasteiger partial charge in [0, 0.05) is 18.0 Å². The molecular formula is C16H13N. The highest BCUT2D eigenvalue weighted by Crippen LogP contribution is 2.29. The van der Waals surface area contributed by atoms with Gasteiger partial charge in [0.15, 0.2) is 0 Å². The number of aromatic nitrogens is 1. The average Bonchev–Trinajstić information content (AvgIpc) is 2.40. The summed E-state index contributed by atoms with van der Waals surface area (Å²) >= 11 is 0. The van der Waals surface area contributed by atoms with Gasteiger partial charge in [0.1, 0.15) is 0 Å². The molecular weight excluding hydrogens is 206 g/mol. The van der Waals surface area contributed by atoms with Gasteiger partial charge in [-0.1, -0.05) is 42.5 Å². The van der Waals surface area contributed by atoms with Crippen LogP contribution in [0.1, 0.15) is 5.56 Å². The summed E-state index contributed by atoms with van der Waals surface area (Å²) in [6, 6.07) is 16.9. The van der Waals surface area contributed by atoms with Crippen LogP contribution in [-0.2, 0) is 0 Å². The molecule has 17 heavy (non-hydrogen) atoms. The third kappa shape index (κ3) is 1.70. The van der Waals surface area contributed by atoms with Gasteiger partial charge in [-0.25, -0.2) is 0 Å². The monoisotopic (exact) mass is 219 g/mol. The van der Waals surface area contributed by atoms with Crippen LogP contribution in [0.15, 0.2) is 60.9 Å². The summed E-state index contributed by atoms with van der Waals surface area (Å²) in [5.74, 6) is 0. The third-order valence-electron chi connectivity index (χ3n) is 3.11. The minimum Gasteiger partial charge on any atom is -0.264 e. The van der Waals surface area contributed by atoms with Crippen molar-refractivity contribution < 1.29 is 0 Å². The standard InChI is InChI=1S/C16H13N/c1-12-5-2-9-16-14(12)7-3-8-15(16)13-6-4-10-17-11-13/h2-11H,1H3. The number of benzene rings is 2. The number of hydrogen-bond acceptors (Lipinski definition) is 1. The van der Waals surface area contributed by atoms with Gasteiger partial charge >= 0.3 is 0 Å². The van der Waals surface area contributed by atoms with Crippen molar-refractivity contribution in [1.82, 2.24) is 4.98 Å². The smallest absolute Gasteiger partial charge is 0.0346 e. The van der Waals surface area contributed by atoms with Crippen molar-refractivity contribution >= 4 is 10.8 Å². The first kappa shape index (κ1) is 10.0. The fourth-order valence-electron chi connectivity index (χ4n) is 2.24. The minimum absolute atomic E-state index is 1.17. The average molecular weight is 219 g/mol. The maximum absolute atomic E-state index is 4.19. The van der Waals surface area contributed by atoms with E-state index in [0.29, 0.717) is 0 Å². The zero-order valence-corrected chi connectivity index (χ0v) is 9.72. The molecule has 1 nitrogen and oxygen atoms in total. The fourth-order valence-corrected chi connectivity index (χ4v) is 2.24. The van der Waals surface area contributed by atoms with Gasteiger partial charge in [-0.05, 0) is 34.9 Å². The molecule has 0 amide bonds. The Morgan fingerprint density at radius 1 is 0.824 bits per heavy atom. The fraction of sp³-hybridized carbons (Fsp3) is 0.0625. The van der Waals surface area contributed by atoms with Gasteiger partial charge in [-0.15, -0.1) is 0 Å². The molecule has 0 saturated carbocycles. The van der Waals surface area contributed by atoms with Crippen LogP contribution in [0.3, 0.4) is 0 Å². The summed E-state index contributed by atoms with van der Waals surface area (Å²) in [6.45, 7) is 2.15. The van der Waals surface area contributed by atoms with Crippen molar-refractivity contribution in [3.8, 4) is 11.1 Å². The summed E-state index contributed by atoms with van der Waals surface area (Å²) in [6.07, 6.45) is 3.72. The summed E-state index contributed by atoms with van der Waals surface area (Å²) < 4.78 is 0. The van der Waals surface area contributed by atoms with Crippen molar-refractivity contribution in [2.45, 2.75) is 6.92 Å². The van der Waals surface area contributed by atoms with Crippen LogP contribution in [0.4, 0.5) is 0 Å². The Morgan fingerprint density at radius 2 is 1.65 bits per heavy atom. The lowest BCUT2D eigenvalue weighted by molar-refractivity contribution is 1.33. The Bertz CT molecular complexity index is 657. The van der Waals surface area contributed by atoms with Crippen molar-refractivity contribution in [1.29, 1.82) is 0 Å². The lowest BCUT2D eigenvalue weighted by Gasteiger charge is -2.08. The predicted molar refractivity (Wildman–Crippen MR) is 71.9 cm³/mol. The molecule has 0 atom stereocenters. The first-order chi connectivity index (χ1) is 8.36. The topological polar surface area (TPSA) is 12.9 Å². The first-order valence-corrected chi connectivity index (χ1v) is 5.75. The van der Waals surface area contributed by atoms with E-state index in [2.05, 4.69) is 54.4 Å². The Labute approximate surface area is 101 Å². The van der Waals surface area contributed by atoms with Crippen LogP contribution in [0.25, 0.3) is 21.9 Å². The van der Waals surface area contributed by atoms with E-state index < -0.39 is 0 Å². The van der Waals surface area contributed by atoms with E-state index in [1.165, 1.54) is 27.5 Å². The molecule has 1 aromatic heterocycles. The second-order valence-electron chi connectivity index (χ2n) is 4.22. The van der Waals surface area contributed by atoms with Crippen molar-refractivity contribution in [2.24, 2.45) is 0 Å². The number of aryl methyl sites for hydroxylation is 1. The normalized spacial score (nSPS) is 10.6. The van der Waals surface area contributed by atoms with Gasteiger partial charge in [0.25, 0.3) is 0 Å². The molecule has 0 saturated heterocycles. The van der Waals surface area contributed by atoms with E-state index in [9.17, 15) is 0 Å². The van der Waals surface area contributed by atoms with Gasteiger partial charge in [0.2, 0.25) is 0 Å². The second kappa shape index (κ2) is 4.02. The molecule has 0 fully saturated rings. The molecule has 0 unspecified atom stereocenters. The lowest BCUT2D eigenvalue weighted by atomic mass is 9.97. The zero-order valence-electron chi connectivity index (χ0n) is 9.72. The second-order valence-corrected chi connectivity index (χ2v) is 4.22. The Kier molecular flexibility index (Phi) is 2.37. The Balaban J connectivity index is 2.35. The van der Waals surface area contributed by atoms with Gasteiger partial charge in [0.05, 0.1) is 0 Å². The molecule has 0 radical (unpaired) electrons. The van der Waals surface area contributed by atoms with Crippen molar-refractivity contribution in [3.63, 3.8) is 0 Å². The Hall–Kier alpha value is -2.15. The highest BCUT2D eigenvalue weighted by molar-refractivity contribution is 5.98. The van der Waals surface area contributed by atoms with E-state index in [1.807, 2.05) is 12.3 Å². The molecule has 0 aliphatic heterocycles. The summed E-state index contributed by atoms with van der Waals surface area (Å²) in [4.78, 5) is 4.19. The van der Waals surface area contributed by atoms with Crippen molar-refractivity contribution in [2.75, 3.05) is 0 Å². The molecule has 1 heteroatoms. The van der Waals surface area contributed by atoms with Gasteiger partial charge in [-0.3, -0.25) is 4.98 Å². The number of nitrogens with zero attached hydrogens (tertiary/aromatic N) is 1. The molecule has 0 N–H and O–H groups in total. The van der Waals surface area contributed by atoms with Crippen LogP contribution >= 0.6 is 0 Å². The molecule has 3 aromatic rings. The highest BCUT2D eigenvalue weighted by atomic mass is 14.6. The maximum atomic E-state index is 4.19. The SMILES string of the molecule is Cc1cccc2c(-c3cccnc3)cccc12. The van der Waals surface area contributed by atoms with E-state index in [1.54, 1.807) is 6.20 Å². The zero-order chi connectivity index (χ0) is 11.7. The van der Waals surface area contributed by atoms with Crippen LogP contribution in [0, 0.1) is 6.92 Å².